The molecule has 0 saturated carbocycles. The van der Waals surface area contributed by atoms with Gasteiger partial charge in [0.05, 0.1) is 17.8 Å². The molecule has 1 aromatic heterocycles. The monoisotopic (exact) mass is 360 g/mol. The molecule has 0 unspecified atom stereocenters. The molecule has 0 N–H and O–H groups in total. The number of nitrogens with zero attached hydrogens (tertiary/aromatic N) is 4. The number of carbonyl (C=O) groups excluding carboxylic acids is 2. The van der Waals surface area contributed by atoms with Crippen LogP contribution in [0.2, 0.25) is 0 Å². The highest BCUT2D eigenvalue weighted by Gasteiger charge is 2.47. The van der Waals surface area contributed by atoms with Crippen molar-refractivity contribution >= 4 is 12.0 Å². The standard InChI is InChI=1S/C19H28N4O3/c1-3-4-5-6-9-23-13-19(26-18(23)25)7-10-22(11-8-19)17(24)16-12-20-14-21-15(16)2/h12,14H,3-11,13H2,1-2H3. The predicted octanol–water partition coefficient (Wildman–Crippen LogP) is 2.79. The quantitative estimate of drug-likeness (QED) is 0.729. The Morgan fingerprint density at radius 3 is 2.73 bits per heavy atom. The largest absolute Gasteiger partial charge is 0.441 e. The van der Waals surface area contributed by atoms with Crippen molar-refractivity contribution in [3.63, 3.8) is 0 Å². The number of hydrogen-bond donors (Lipinski definition) is 0. The summed E-state index contributed by atoms with van der Waals surface area (Å²) < 4.78 is 5.74. The Labute approximate surface area is 154 Å². The van der Waals surface area contributed by atoms with Crippen molar-refractivity contribution in [2.24, 2.45) is 0 Å². The van der Waals surface area contributed by atoms with E-state index >= 15 is 0 Å². The zero-order chi connectivity index (χ0) is 18.6. The number of rotatable bonds is 6. The van der Waals surface area contributed by atoms with Crippen LogP contribution < -0.4 is 0 Å². The second-order valence-electron chi connectivity index (χ2n) is 7.35. The van der Waals surface area contributed by atoms with E-state index in [1.165, 1.54) is 19.2 Å². The topological polar surface area (TPSA) is 75.6 Å². The lowest BCUT2D eigenvalue weighted by atomic mass is 9.91. The lowest BCUT2D eigenvalue weighted by Gasteiger charge is -2.37. The van der Waals surface area contributed by atoms with Gasteiger partial charge in [0.2, 0.25) is 0 Å². The van der Waals surface area contributed by atoms with Gasteiger partial charge in [-0.3, -0.25) is 4.79 Å². The van der Waals surface area contributed by atoms with Crippen LogP contribution >= 0.6 is 0 Å². The molecule has 2 saturated heterocycles. The third-order valence-corrected chi connectivity index (χ3v) is 5.43. The van der Waals surface area contributed by atoms with Gasteiger partial charge < -0.3 is 14.5 Å². The Kier molecular flexibility index (Phi) is 5.74. The maximum absolute atomic E-state index is 12.7. The molecule has 0 radical (unpaired) electrons. The van der Waals surface area contributed by atoms with Gasteiger partial charge in [-0.15, -0.1) is 0 Å². The van der Waals surface area contributed by atoms with Crippen LogP contribution in [0.5, 0.6) is 0 Å². The fourth-order valence-electron chi connectivity index (χ4n) is 3.74. The average molecular weight is 360 g/mol. The Hall–Kier alpha value is -2.18. The molecular formula is C19H28N4O3. The predicted molar refractivity (Wildman–Crippen MR) is 96.8 cm³/mol. The minimum atomic E-state index is -0.430. The van der Waals surface area contributed by atoms with Gasteiger partial charge in [0.15, 0.2) is 0 Å². The number of carbonyl (C=O) groups is 2. The van der Waals surface area contributed by atoms with Crippen molar-refractivity contribution in [1.29, 1.82) is 0 Å². The highest BCUT2D eigenvalue weighted by molar-refractivity contribution is 5.95. The second kappa shape index (κ2) is 8.01. The maximum Gasteiger partial charge on any atom is 0.410 e. The van der Waals surface area contributed by atoms with Gasteiger partial charge in [-0.1, -0.05) is 26.2 Å². The van der Waals surface area contributed by atoms with Gasteiger partial charge in [-0.2, -0.15) is 0 Å². The molecule has 3 rings (SSSR count). The summed E-state index contributed by atoms with van der Waals surface area (Å²) in [5, 5.41) is 0. The molecule has 2 aliphatic rings. The fourth-order valence-corrected chi connectivity index (χ4v) is 3.74. The normalized spacial score (nSPS) is 19.1. The zero-order valence-electron chi connectivity index (χ0n) is 15.7. The first-order chi connectivity index (χ1) is 12.5. The lowest BCUT2D eigenvalue weighted by molar-refractivity contribution is 0.00309. The van der Waals surface area contributed by atoms with E-state index in [0.717, 1.165) is 19.4 Å². The molecule has 7 nitrogen and oxygen atoms in total. The SMILES string of the molecule is CCCCCCN1CC2(CCN(C(=O)c3cncnc3C)CC2)OC1=O. The summed E-state index contributed by atoms with van der Waals surface area (Å²) in [7, 11) is 0. The highest BCUT2D eigenvalue weighted by atomic mass is 16.6. The van der Waals surface area contributed by atoms with Crippen LogP contribution in [0.15, 0.2) is 12.5 Å². The summed E-state index contributed by atoms with van der Waals surface area (Å²) in [4.78, 5) is 36.6. The van der Waals surface area contributed by atoms with Crippen molar-refractivity contribution in [2.75, 3.05) is 26.2 Å². The van der Waals surface area contributed by atoms with Crippen molar-refractivity contribution in [3.8, 4) is 0 Å². The molecule has 1 spiro atoms. The maximum atomic E-state index is 12.7. The van der Waals surface area contributed by atoms with Gasteiger partial charge in [0, 0.05) is 38.7 Å². The molecule has 2 amide bonds. The van der Waals surface area contributed by atoms with Crippen molar-refractivity contribution in [3.05, 3.63) is 23.8 Å². The molecule has 0 aliphatic carbocycles. The van der Waals surface area contributed by atoms with E-state index < -0.39 is 5.60 Å². The summed E-state index contributed by atoms with van der Waals surface area (Å²) in [6.45, 7) is 6.58. The summed E-state index contributed by atoms with van der Waals surface area (Å²) in [5.74, 6) is -0.0429. The fraction of sp³-hybridized carbons (Fsp3) is 0.684. The number of ether oxygens (including phenoxy) is 1. The minimum Gasteiger partial charge on any atom is -0.441 e. The van der Waals surface area contributed by atoms with Crippen molar-refractivity contribution < 1.29 is 14.3 Å². The molecular weight excluding hydrogens is 332 g/mol. The Bertz CT molecular complexity index is 656. The number of unbranched alkanes of at least 4 members (excludes halogenated alkanes) is 3. The van der Waals surface area contributed by atoms with Crippen LogP contribution in [0, 0.1) is 6.92 Å². The van der Waals surface area contributed by atoms with Crippen LogP contribution in [-0.4, -0.2) is 63.5 Å². The lowest BCUT2D eigenvalue weighted by Crippen LogP contribution is -2.49. The minimum absolute atomic E-state index is 0.0429. The van der Waals surface area contributed by atoms with Crippen LogP contribution in [0.4, 0.5) is 4.79 Å². The molecule has 1 aromatic rings. The van der Waals surface area contributed by atoms with Gasteiger partial charge in [-0.25, -0.2) is 14.8 Å². The molecule has 7 heteroatoms. The first kappa shape index (κ1) is 18.6. The van der Waals surface area contributed by atoms with Gasteiger partial charge in [-0.05, 0) is 13.3 Å². The second-order valence-corrected chi connectivity index (χ2v) is 7.35. The van der Waals surface area contributed by atoms with E-state index in [-0.39, 0.29) is 12.0 Å². The van der Waals surface area contributed by atoms with E-state index in [4.69, 9.17) is 4.74 Å². The van der Waals surface area contributed by atoms with Crippen LogP contribution in [0.1, 0.15) is 61.5 Å². The van der Waals surface area contributed by atoms with E-state index in [1.54, 1.807) is 6.20 Å². The molecule has 0 bridgehead atoms. The Morgan fingerprint density at radius 1 is 1.27 bits per heavy atom. The van der Waals surface area contributed by atoms with E-state index in [1.807, 2.05) is 16.7 Å². The Morgan fingerprint density at radius 2 is 2.04 bits per heavy atom. The van der Waals surface area contributed by atoms with E-state index in [0.29, 0.717) is 43.7 Å². The van der Waals surface area contributed by atoms with Crippen molar-refractivity contribution in [2.45, 2.75) is 58.0 Å². The van der Waals surface area contributed by atoms with E-state index in [9.17, 15) is 9.59 Å². The van der Waals surface area contributed by atoms with Crippen LogP contribution in [0.25, 0.3) is 0 Å². The number of aromatic nitrogens is 2. The van der Waals surface area contributed by atoms with E-state index in [2.05, 4.69) is 16.9 Å². The zero-order valence-corrected chi connectivity index (χ0v) is 15.7. The third-order valence-electron chi connectivity index (χ3n) is 5.43. The summed E-state index contributed by atoms with van der Waals surface area (Å²) in [6.07, 6.45) is 8.75. The molecule has 0 atom stereocenters. The first-order valence-corrected chi connectivity index (χ1v) is 9.58. The number of amides is 2. The smallest absolute Gasteiger partial charge is 0.410 e. The van der Waals surface area contributed by atoms with Gasteiger partial charge in [0.25, 0.3) is 5.91 Å². The summed E-state index contributed by atoms with van der Waals surface area (Å²) in [6, 6.07) is 0. The number of hydrogen-bond acceptors (Lipinski definition) is 5. The Balaban J connectivity index is 1.54. The van der Waals surface area contributed by atoms with Gasteiger partial charge in [0.1, 0.15) is 11.9 Å². The average Bonchev–Trinajstić information content (AvgIpc) is 2.94. The summed E-state index contributed by atoms with van der Waals surface area (Å²) >= 11 is 0. The highest BCUT2D eigenvalue weighted by Crippen LogP contribution is 2.33. The molecule has 142 valence electrons. The third kappa shape index (κ3) is 3.97. The molecule has 0 aromatic carbocycles. The van der Waals surface area contributed by atoms with Crippen LogP contribution in [-0.2, 0) is 4.74 Å². The molecule has 2 fully saturated rings. The molecule has 26 heavy (non-hydrogen) atoms. The van der Waals surface area contributed by atoms with Crippen LogP contribution in [0.3, 0.4) is 0 Å². The first-order valence-electron chi connectivity index (χ1n) is 9.58. The molecule has 3 heterocycles. The van der Waals surface area contributed by atoms with Crippen molar-refractivity contribution in [1.82, 2.24) is 19.8 Å². The number of piperidine rings is 1. The summed E-state index contributed by atoms with van der Waals surface area (Å²) in [5.41, 5.74) is 0.807. The number of likely N-dealkylation sites (tertiary alicyclic amines) is 1. The number of aryl methyl sites for hydroxylation is 1. The van der Waals surface area contributed by atoms with Gasteiger partial charge >= 0.3 is 6.09 Å². The molecule has 2 aliphatic heterocycles.